The molecular formula is C46H89O10P. The van der Waals surface area contributed by atoms with Crippen LogP contribution in [-0.2, 0) is 32.7 Å². The van der Waals surface area contributed by atoms with E-state index >= 15 is 0 Å². The number of carbonyl (C=O) groups is 2. The second kappa shape index (κ2) is 42.8. The van der Waals surface area contributed by atoms with E-state index in [1.807, 2.05) is 0 Å². The van der Waals surface area contributed by atoms with E-state index in [4.69, 9.17) is 23.6 Å². The van der Waals surface area contributed by atoms with Gasteiger partial charge >= 0.3 is 19.8 Å². The zero-order valence-corrected chi connectivity index (χ0v) is 37.7. The Morgan fingerprint density at radius 1 is 0.509 bits per heavy atom. The van der Waals surface area contributed by atoms with Crippen LogP contribution in [0.2, 0.25) is 0 Å². The molecule has 0 spiro atoms. The Labute approximate surface area is 349 Å². The van der Waals surface area contributed by atoms with Gasteiger partial charge in [0.25, 0.3) is 0 Å². The first-order valence-corrected chi connectivity index (χ1v) is 25.1. The molecule has 0 aliphatic carbocycles. The van der Waals surface area contributed by atoms with Crippen molar-refractivity contribution in [1.29, 1.82) is 0 Å². The van der Waals surface area contributed by atoms with Gasteiger partial charge in [-0.05, 0) is 38.5 Å². The summed E-state index contributed by atoms with van der Waals surface area (Å²) in [6, 6.07) is 0. The summed E-state index contributed by atoms with van der Waals surface area (Å²) in [5.74, 6) is -0.916. The van der Waals surface area contributed by atoms with Gasteiger partial charge in [-0.3, -0.25) is 18.6 Å². The Hall–Kier alpha value is -1.29. The molecule has 3 unspecified atom stereocenters. The third-order valence-corrected chi connectivity index (χ3v) is 11.4. The van der Waals surface area contributed by atoms with Gasteiger partial charge in [0.1, 0.15) is 12.7 Å². The monoisotopic (exact) mass is 833 g/mol. The van der Waals surface area contributed by atoms with Gasteiger partial charge in [0.05, 0.1) is 19.8 Å². The first-order chi connectivity index (χ1) is 27.7. The quantitative estimate of drug-likeness (QED) is 0.0234. The molecule has 3 atom stereocenters. The number of ether oxygens (including phenoxy) is 2. The van der Waals surface area contributed by atoms with E-state index in [0.29, 0.717) is 12.8 Å². The molecule has 0 fully saturated rings. The van der Waals surface area contributed by atoms with Crippen molar-refractivity contribution in [2.45, 2.75) is 244 Å². The summed E-state index contributed by atoms with van der Waals surface area (Å²) >= 11 is 0. The predicted octanol–water partition coefficient (Wildman–Crippen LogP) is 12.8. The fourth-order valence-corrected chi connectivity index (χ4v) is 7.54. The molecule has 0 heterocycles. The highest BCUT2D eigenvalue weighted by Gasteiger charge is 2.27. The summed E-state index contributed by atoms with van der Waals surface area (Å²) in [5.41, 5.74) is 0. The summed E-state index contributed by atoms with van der Waals surface area (Å²) in [6.45, 7) is 2.41. The number of hydrogen-bond donors (Lipinski definition) is 3. The molecule has 0 amide bonds. The first kappa shape index (κ1) is 55.7. The molecule has 0 rings (SSSR count). The fourth-order valence-electron chi connectivity index (χ4n) is 6.75. The number of phosphoric acid groups is 1. The van der Waals surface area contributed by atoms with E-state index in [-0.39, 0.29) is 19.4 Å². The van der Waals surface area contributed by atoms with Crippen LogP contribution in [0.5, 0.6) is 0 Å². The van der Waals surface area contributed by atoms with E-state index in [9.17, 15) is 24.2 Å². The molecule has 0 aromatic heterocycles. The molecular weight excluding hydrogens is 743 g/mol. The average molecular weight is 833 g/mol. The average Bonchev–Trinajstić information content (AvgIpc) is 3.20. The van der Waals surface area contributed by atoms with Gasteiger partial charge in [-0.15, -0.1) is 0 Å². The van der Waals surface area contributed by atoms with E-state index < -0.39 is 51.8 Å². The number of unbranched alkanes of at least 4 members (excludes halogenated alkanes) is 29. The van der Waals surface area contributed by atoms with Crippen LogP contribution in [0.25, 0.3) is 0 Å². The van der Waals surface area contributed by atoms with Crippen molar-refractivity contribution in [2.75, 3.05) is 26.4 Å². The Kier molecular flexibility index (Phi) is 41.9. The number of esters is 2. The highest BCUT2D eigenvalue weighted by Crippen LogP contribution is 2.43. The van der Waals surface area contributed by atoms with Crippen LogP contribution in [0.1, 0.15) is 232 Å². The van der Waals surface area contributed by atoms with Crippen LogP contribution in [0.3, 0.4) is 0 Å². The number of phosphoric ester groups is 1. The summed E-state index contributed by atoms with van der Waals surface area (Å²) in [5, 5.41) is 18.4. The van der Waals surface area contributed by atoms with Gasteiger partial charge < -0.3 is 24.6 Å². The number of allylic oxidation sites excluding steroid dienone is 2. The Morgan fingerprint density at radius 3 is 1.26 bits per heavy atom. The minimum atomic E-state index is -4.62. The Bertz CT molecular complexity index is 961. The van der Waals surface area contributed by atoms with Crippen molar-refractivity contribution >= 4 is 19.8 Å². The van der Waals surface area contributed by atoms with Crippen LogP contribution in [0, 0.1) is 0 Å². The second-order valence-electron chi connectivity index (χ2n) is 16.1. The molecule has 10 nitrogen and oxygen atoms in total. The van der Waals surface area contributed by atoms with Crippen molar-refractivity contribution in [3.8, 4) is 0 Å². The lowest BCUT2D eigenvalue weighted by molar-refractivity contribution is -0.161. The van der Waals surface area contributed by atoms with Crippen LogP contribution in [0.15, 0.2) is 12.2 Å². The van der Waals surface area contributed by atoms with E-state index in [2.05, 4.69) is 26.0 Å². The molecule has 0 saturated carbocycles. The van der Waals surface area contributed by atoms with Crippen LogP contribution < -0.4 is 0 Å². The van der Waals surface area contributed by atoms with Crippen LogP contribution in [-0.4, -0.2) is 65.7 Å². The van der Waals surface area contributed by atoms with Crippen molar-refractivity contribution in [1.82, 2.24) is 0 Å². The standard InChI is InChI=1S/C46H89O10P/c1-3-5-7-9-11-13-15-17-19-21-23-25-27-29-31-33-35-37-45(49)53-41-44(42-55-57(51,52)54-40-43(48)39-47)56-46(50)38-36-34-32-30-28-26-24-22-20-18-16-14-12-10-8-6-4-2/h18,20,43-44,47-48H,3-17,19,21-42H2,1-2H3,(H,51,52)/b20-18-. The van der Waals surface area contributed by atoms with Gasteiger partial charge in [-0.25, -0.2) is 4.57 Å². The van der Waals surface area contributed by atoms with Crippen LogP contribution in [0.4, 0.5) is 0 Å². The minimum absolute atomic E-state index is 0.184. The maximum atomic E-state index is 12.6. The lowest BCUT2D eigenvalue weighted by Crippen LogP contribution is -2.29. The third kappa shape index (κ3) is 42.6. The van der Waals surface area contributed by atoms with Gasteiger partial charge in [0.15, 0.2) is 6.10 Å². The summed E-state index contributed by atoms with van der Waals surface area (Å²) in [6.07, 6.45) is 41.7. The summed E-state index contributed by atoms with van der Waals surface area (Å²) < 4.78 is 32.8. The van der Waals surface area contributed by atoms with Gasteiger partial charge in [0.2, 0.25) is 0 Å². The van der Waals surface area contributed by atoms with Gasteiger partial charge in [-0.1, -0.05) is 193 Å². The molecule has 0 aromatic rings. The van der Waals surface area contributed by atoms with Crippen molar-refractivity contribution in [3.63, 3.8) is 0 Å². The highest BCUT2D eigenvalue weighted by molar-refractivity contribution is 7.47. The lowest BCUT2D eigenvalue weighted by Gasteiger charge is -2.20. The molecule has 0 saturated heterocycles. The van der Waals surface area contributed by atoms with Gasteiger partial charge in [0, 0.05) is 12.8 Å². The summed E-state index contributed by atoms with van der Waals surface area (Å²) in [4.78, 5) is 35.1. The number of rotatable bonds is 45. The topological polar surface area (TPSA) is 149 Å². The largest absolute Gasteiger partial charge is 0.472 e. The van der Waals surface area contributed by atoms with Crippen molar-refractivity contribution < 1.29 is 47.8 Å². The normalized spacial score (nSPS) is 13.8. The van der Waals surface area contributed by atoms with Crippen LogP contribution >= 0.6 is 7.82 Å². The SMILES string of the molecule is CCCCCCCC/C=C\CCCCCCCCCC(=O)OC(COC(=O)CCCCCCCCCCCCCCCCCCC)COP(=O)(O)OCC(O)CO. The zero-order chi connectivity index (χ0) is 41.9. The van der Waals surface area contributed by atoms with Gasteiger partial charge in [-0.2, -0.15) is 0 Å². The highest BCUT2D eigenvalue weighted by atomic mass is 31.2. The zero-order valence-electron chi connectivity index (χ0n) is 36.8. The molecule has 0 bridgehead atoms. The number of aliphatic hydroxyl groups excluding tert-OH is 2. The van der Waals surface area contributed by atoms with E-state index in [0.717, 1.165) is 44.9 Å². The molecule has 0 aliphatic rings. The molecule has 11 heteroatoms. The minimum Gasteiger partial charge on any atom is -0.462 e. The number of aliphatic hydroxyl groups is 2. The molecule has 57 heavy (non-hydrogen) atoms. The maximum Gasteiger partial charge on any atom is 0.472 e. The first-order valence-electron chi connectivity index (χ1n) is 23.6. The number of carbonyl (C=O) groups excluding carboxylic acids is 2. The molecule has 0 aromatic carbocycles. The fraction of sp³-hybridized carbons (Fsp3) is 0.913. The predicted molar refractivity (Wildman–Crippen MR) is 233 cm³/mol. The van der Waals surface area contributed by atoms with E-state index in [1.165, 1.54) is 148 Å². The Balaban J connectivity index is 4.21. The maximum absolute atomic E-state index is 12.6. The van der Waals surface area contributed by atoms with E-state index in [1.54, 1.807) is 0 Å². The molecule has 0 aliphatic heterocycles. The molecule has 0 radical (unpaired) electrons. The second-order valence-corrected chi connectivity index (χ2v) is 17.6. The third-order valence-electron chi connectivity index (χ3n) is 10.4. The molecule has 3 N–H and O–H groups in total. The Morgan fingerprint density at radius 2 is 0.860 bits per heavy atom. The summed E-state index contributed by atoms with van der Waals surface area (Å²) in [7, 11) is -4.62. The molecule has 338 valence electrons. The van der Waals surface area contributed by atoms with Crippen molar-refractivity contribution in [2.24, 2.45) is 0 Å². The van der Waals surface area contributed by atoms with Crippen molar-refractivity contribution in [3.05, 3.63) is 12.2 Å². The smallest absolute Gasteiger partial charge is 0.462 e. The number of hydrogen-bond acceptors (Lipinski definition) is 9. The lowest BCUT2D eigenvalue weighted by atomic mass is 10.0.